The van der Waals surface area contributed by atoms with E-state index in [0.29, 0.717) is 11.4 Å². The molecule has 1 aromatic carbocycles. The third-order valence-corrected chi connectivity index (χ3v) is 6.56. The first-order chi connectivity index (χ1) is 11.0. The lowest BCUT2D eigenvalue weighted by Gasteiger charge is -2.29. The molecule has 5 nitrogen and oxygen atoms in total. The monoisotopic (exact) mass is 333 g/mol. The van der Waals surface area contributed by atoms with Gasteiger partial charge in [-0.3, -0.25) is 4.98 Å². The van der Waals surface area contributed by atoms with Gasteiger partial charge in [-0.25, -0.2) is 8.42 Å². The highest BCUT2D eigenvalue weighted by Crippen LogP contribution is 2.28. The molecule has 3 rings (SSSR count). The fourth-order valence-corrected chi connectivity index (χ4v) is 5.26. The second-order valence-electron chi connectivity index (χ2n) is 6.15. The Hall–Kier alpha value is -1.50. The lowest BCUT2D eigenvalue weighted by Crippen LogP contribution is -2.43. The van der Waals surface area contributed by atoms with E-state index in [9.17, 15) is 8.42 Å². The summed E-state index contributed by atoms with van der Waals surface area (Å²) in [4.78, 5) is 6.70. The van der Waals surface area contributed by atoms with Crippen LogP contribution >= 0.6 is 0 Å². The van der Waals surface area contributed by atoms with Crippen molar-refractivity contribution in [1.29, 1.82) is 0 Å². The first-order valence-corrected chi connectivity index (χ1v) is 9.51. The van der Waals surface area contributed by atoms with Crippen molar-refractivity contribution in [2.24, 2.45) is 0 Å². The molecule has 1 unspecified atom stereocenters. The van der Waals surface area contributed by atoms with Crippen LogP contribution in [0.3, 0.4) is 0 Å². The van der Waals surface area contributed by atoms with E-state index in [2.05, 4.69) is 23.9 Å². The van der Waals surface area contributed by atoms with E-state index in [1.807, 2.05) is 6.07 Å². The Kier molecular flexibility index (Phi) is 4.66. The van der Waals surface area contributed by atoms with Crippen molar-refractivity contribution in [2.75, 3.05) is 26.7 Å². The predicted molar refractivity (Wildman–Crippen MR) is 91.8 cm³/mol. The second-order valence-corrected chi connectivity index (χ2v) is 8.01. The van der Waals surface area contributed by atoms with Crippen LogP contribution in [0, 0.1) is 0 Å². The second kappa shape index (κ2) is 6.55. The summed E-state index contributed by atoms with van der Waals surface area (Å²) >= 11 is 0. The molecule has 2 aromatic rings. The third-order valence-electron chi connectivity index (χ3n) is 4.55. The minimum absolute atomic E-state index is 0.0181. The Morgan fingerprint density at radius 1 is 1.26 bits per heavy atom. The molecule has 1 aliphatic heterocycles. The molecule has 1 atom stereocenters. The molecular weight excluding hydrogens is 310 g/mol. The predicted octanol–water partition coefficient (Wildman–Crippen LogP) is 2.34. The molecule has 0 aliphatic carbocycles. The van der Waals surface area contributed by atoms with Crippen molar-refractivity contribution >= 4 is 20.8 Å². The molecule has 0 radical (unpaired) electrons. The SMILES string of the molecule is CCC1CN(C)CCCN1S(=O)(=O)c1cccc2cnccc12. The van der Waals surface area contributed by atoms with Gasteiger partial charge in [0.25, 0.3) is 0 Å². The number of rotatable bonds is 3. The van der Waals surface area contributed by atoms with Gasteiger partial charge in [0.15, 0.2) is 0 Å². The molecule has 0 bridgehead atoms. The Morgan fingerprint density at radius 2 is 2.09 bits per heavy atom. The van der Waals surface area contributed by atoms with E-state index in [-0.39, 0.29) is 6.04 Å². The Morgan fingerprint density at radius 3 is 2.87 bits per heavy atom. The number of pyridine rings is 1. The highest BCUT2D eigenvalue weighted by atomic mass is 32.2. The average Bonchev–Trinajstić information content (AvgIpc) is 2.75. The van der Waals surface area contributed by atoms with Crippen molar-refractivity contribution in [3.63, 3.8) is 0 Å². The van der Waals surface area contributed by atoms with Gasteiger partial charge in [0, 0.05) is 42.3 Å². The van der Waals surface area contributed by atoms with E-state index in [1.165, 1.54) is 0 Å². The minimum Gasteiger partial charge on any atom is -0.305 e. The largest absolute Gasteiger partial charge is 0.305 e. The van der Waals surface area contributed by atoms with Crippen LogP contribution in [0.15, 0.2) is 41.6 Å². The number of hydrogen-bond acceptors (Lipinski definition) is 4. The first kappa shape index (κ1) is 16.4. The van der Waals surface area contributed by atoms with E-state index < -0.39 is 10.0 Å². The van der Waals surface area contributed by atoms with E-state index in [0.717, 1.165) is 36.7 Å². The minimum atomic E-state index is -3.52. The highest BCUT2D eigenvalue weighted by molar-refractivity contribution is 7.89. The van der Waals surface area contributed by atoms with Crippen LogP contribution in [-0.4, -0.2) is 55.3 Å². The zero-order chi connectivity index (χ0) is 16.4. The van der Waals surface area contributed by atoms with Crippen molar-refractivity contribution in [1.82, 2.24) is 14.2 Å². The van der Waals surface area contributed by atoms with E-state index in [4.69, 9.17) is 0 Å². The van der Waals surface area contributed by atoms with Gasteiger partial charge in [-0.1, -0.05) is 19.1 Å². The van der Waals surface area contributed by atoms with Crippen LogP contribution in [0.2, 0.25) is 0 Å². The lowest BCUT2D eigenvalue weighted by atomic mass is 10.2. The van der Waals surface area contributed by atoms with Gasteiger partial charge in [0.1, 0.15) is 0 Å². The van der Waals surface area contributed by atoms with Gasteiger partial charge in [-0.15, -0.1) is 0 Å². The van der Waals surface area contributed by atoms with Crippen molar-refractivity contribution in [3.05, 3.63) is 36.7 Å². The molecule has 0 spiro atoms. The zero-order valence-electron chi connectivity index (χ0n) is 13.6. The Labute approximate surface area is 138 Å². The van der Waals surface area contributed by atoms with Gasteiger partial charge < -0.3 is 4.90 Å². The molecule has 23 heavy (non-hydrogen) atoms. The van der Waals surface area contributed by atoms with E-state index >= 15 is 0 Å². The summed E-state index contributed by atoms with van der Waals surface area (Å²) in [7, 11) is -1.46. The third kappa shape index (κ3) is 3.11. The van der Waals surface area contributed by atoms with Crippen molar-refractivity contribution in [3.8, 4) is 0 Å². The fourth-order valence-electron chi connectivity index (χ4n) is 3.31. The molecule has 1 fully saturated rings. The summed E-state index contributed by atoms with van der Waals surface area (Å²) < 4.78 is 28.3. The van der Waals surface area contributed by atoms with Gasteiger partial charge in [-0.05, 0) is 38.6 Å². The molecule has 124 valence electrons. The van der Waals surface area contributed by atoms with Crippen LogP contribution in [0.4, 0.5) is 0 Å². The van der Waals surface area contributed by atoms with Gasteiger partial charge in [-0.2, -0.15) is 4.31 Å². The highest BCUT2D eigenvalue weighted by Gasteiger charge is 2.33. The number of fused-ring (bicyclic) bond motifs is 1. The first-order valence-electron chi connectivity index (χ1n) is 8.07. The molecule has 0 amide bonds. The fraction of sp³-hybridized carbons (Fsp3) is 0.471. The molecule has 0 N–H and O–H groups in total. The smallest absolute Gasteiger partial charge is 0.243 e. The average molecular weight is 333 g/mol. The van der Waals surface area contributed by atoms with Crippen LogP contribution in [0.5, 0.6) is 0 Å². The number of sulfonamides is 1. The quantitative estimate of drug-likeness (QED) is 0.865. The van der Waals surface area contributed by atoms with Crippen LogP contribution in [-0.2, 0) is 10.0 Å². The standard InChI is InChI=1S/C17H23N3O2S/c1-3-15-13-19(2)10-5-11-20(15)23(21,22)17-7-4-6-14-12-18-9-8-16(14)17/h4,6-9,12,15H,3,5,10-11,13H2,1-2H3. The number of likely N-dealkylation sites (N-methyl/N-ethyl adjacent to an activating group) is 1. The van der Waals surface area contributed by atoms with Crippen molar-refractivity contribution < 1.29 is 8.42 Å². The topological polar surface area (TPSA) is 53.5 Å². The van der Waals surface area contributed by atoms with Crippen molar-refractivity contribution in [2.45, 2.75) is 30.7 Å². The normalized spacial score (nSPS) is 21.4. The summed E-state index contributed by atoms with van der Waals surface area (Å²) in [5, 5.41) is 1.60. The summed E-state index contributed by atoms with van der Waals surface area (Å²) in [6.07, 6.45) is 5.03. The Balaban J connectivity index is 2.09. The number of aromatic nitrogens is 1. The van der Waals surface area contributed by atoms with Gasteiger partial charge in [0.05, 0.1) is 4.90 Å². The molecular formula is C17H23N3O2S. The number of hydrogen-bond donors (Lipinski definition) is 0. The van der Waals surface area contributed by atoms with Crippen LogP contribution in [0.25, 0.3) is 10.8 Å². The molecule has 1 aliphatic rings. The maximum absolute atomic E-state index is 13.3. The molecule has 6 heteroatoms. The summed E-state index contributed by atoms with van der Waals surface area (Å²) in [5.74, 6) is 0. The summed E-state index contributed by atoms with van der Waals surface area (Å²) in [5.41, 5.74) is 0. The zero-order valence-corrected chi connectivity index (χ0v) is 14.5. The van der Waals surface area contributed by atoms with Crippen LogP contribution in [0.1, 0.15) is 19.8 Å². The van der Waals surface area contributed by atoms with Crippen LogP contribution < -0.4 is 0 Å². The molecule has 2 heterocycles. The molecule has 1 saturated heterocycles. The van der Waals surface area contributed by atoms with E-state index in [1.54, 1.807) is 34.9 Å². The Bertz CT molecular complexity index is 786. The molecule has 1 aromatic heterocycles. The summed E-state index contributed by atoms with van der Waals surface area (Å²) in [6.45, 7) is 4.34. The lowest BCUT2D eigenvalue weighted by molar-refractivity contribution is 0.270. The molecule has 0 saturated carbocycles. The number of benzene rings is 1. The maximum atomic E-state index is 13.3. The summed E-state index contributed by atoms with van der Waals surface area (Å²) in [6, 6.07) is 7.20. The maximum Gasteiger partial charge on any atom is 0.243 e. The van der Waals surface area contributed by atoms with Gasteiger partial charge >= 0.3 is 0 Å². The van der Waals surface area contributed by atoms with Gasteiger partial charge in [0.2, 0.25) is 10.0 Å². The number of nitrogens with zero attached hydrogens (tertiary/aromatic N) is 3.